The SMILES string of the molecule is Cc1cc(C)c2oc(-c3ccc(NC(=O)c4cccc(Br)c4)cc3O)nc2c1. The Morgan fingerprint density at radius 2 is 1.93 bits per heavy atom. The normalized spacial score (nSPS) is 11.0. The van der Waals surface area contributed by atoms with E-state index in [2.05, 4.69) is 26.2 Å². The van der Waals surface area contributed by atoms with Crippen LogP contribution in [-0.4, -0.2) is 16.0 Å². The Bertz CT molecular complexity index is 1210. The molecule has 6 heteroatoms. The van der Waals surface area contributed by atoms with Crippen molar-refractivity contribution in [1.29, 1.82) is 0 Å². The molecule has 28 heavy (non-hydrogen) atoms. The zero-order valence-electron chi connectivity index (χ0n) is 15.3. The van der Waals surface area contributed by atoms with Crippen molar-refractivity contribution in [2.75, 3.05) is 5.32 Å². The Morgan fingerprint density at radius 3 is 2.68 bits per heavy atom. The molecule has 0 saturated carbocycles. The number of phenols is 1. The molecule has 2 N–H and O–H groups in total. The second kappa shape index (κ2) is 7.13. The highest BCUT2D eigenvalue weighted by molar-refractivity contribution is 9.10. The molecular formula is C22H17BrN2O3. The third-order valence-electron chi connectivity index (χ3n) is 4.39. The predicted octanol–water partition coefficient (Wildman–Crippen LogP) is 5.83. The number of fused-ring (bicyclic) bond motifs is 1. The number of halogens is 1. The average Bonchev–Trinajstić information content (AvgIpc) is 3.05. The molecule has 0 aliphatic heterocycles. The number of oxazole rings is 1. The van der Waals surface area contributed by atoms with E-state index in [1.54, 1.807) is 30.3 Å². The molecule has 1 amide bonds. The molecule has 4 aromatic rings. The van der Waals surface area contributed by atoms with Gasteiger partial charge in [-0.3, -0.25) is 4.79 Å². The molecule has 1 aromatic heterocycles. The highest BCUT2D eigenvalue weighted by Gasteiger charge is 2.15. The van der Waals surface area contributed by atoms with Crippen molar-refractivity contribution in [3.63, 3.8) is 0 Å². The number of nitrogens with zero attached hydrogens (tertiary/aromatic N) is 1. The lowest BCUT2D eigenvalue weighted by Gasteiger charge is -2.08. The largest absolute Gasteiger partial charge is 0.507 e. The highest BCUT2D eigenvalue weighted by atomic mass is 79.9. The molecule has 0 saturated heterocycles. The Morgan fingerprint density at radius 1 is 1.11 bits per heavy atom. The van der Waals surface area contributed by atoms with Crippen molar-refractivity contribution in [2.45, 2.75) is 13.8 Å². The van der Waals surface area contributed by atoms with E-state index < -0.39 is 0 Å². The standard InChI is InChI=1S/C22H17BrN2O3/c1-12-8-13(2)20-18(9-12)25-22(28-20)17-7-6-16(11-19(17)26)24-21(27)14-4-3-5-15(23)10-14/h3-11,26H,1-2H3,(H,24,27). The Hall–Kier alpha value is -3.12. The summed E-state index contributed by atoms with van der Waals surface area (Å²) in [6.45, 7) is 3.96. The van der Waals surface area contributed by atoms with Crippen LogP contribution in [0.15, 0.2) is 63.5 Å². The van der Waals surface area contributed by atoms with Crippen LogP contribution in [0.3, 0.4) is 0 Å². The highest BCUT2D eigenvalue weighted by Crippen LogP contribution is 2.34. The molecule has 0 radical (unpaired) electrons. The molecule has 4 rings (SSSR count). The van der Waals surface area contributed by atoms with Gasteiger partial charge in [0.15, 0.2) is 5.58 Å². The van der Waals surface area contributed by atoms with Crippen LogP contribution >= 0.6 is 15.9 Å². The molecular weight excluding hydrogens is 420 g/mol. The van der Waals surface area contributed by atoms with E-state index >= 15 is 0 Å². The average molecular weight is 437 g/mol. The number of benzene rings is 3. The second-order valence-electron chi connectivity index (χ2n) is 6.65. The quantitative estimate of drug-likeness (QED) is 0.423. The molecule has 140 valence electrons. The summed E-state index contributed by atoms with van der Waals surface area (Å²) in [5.41, 5.74) is 5.00. The van der Waals surface area contributed by atoms with Gasteiger partial charge in [-0.05, 0) is 61.4 Å². The van der Waals surface area contributed by atoms with Gasteiger partial charge in [0.2, 0.25) is 5.89 Å². The minimum atomic E-state index is -0.263. The van der Waals surface area contributed by atoms with Gasteiger partial charge in [0, 0.05) is 21.8 Å². The lowest BCUT2D eigenvalue weighted by Crippen LogP contribution is -2.11. The fraction of sp³-hybridized carbons (Fsp3) is 0.0909. The maximum Gasteiger partial charge on any atom is 0.255 e. The predicted molar refractivity (Wildman–Crippen MR) is 113 cm³/mol. The van der Waals surface area contributed by atoms with Crippen molar-refractivity contribution < 1.29 is 14.3 Å². The fourth-order valence-corrected chi connectivity index (χ4v) is 3.51. The minimum absolute atomic E-state index is 0.0204. The molecule has 0 fully saturated rings. The number of phenolic OH excluding ortho intramolecular Hbond substituents is 1. The number of hydrogen-bond donors (Lipinski definition) is 2. The first kappa shape index (κ1) is 18.3. The smallest absolute Gasteiger partial charge is 0.255 e. The molecule has 5 nitrogen and oxygen atoms in total. The van der Waals surface area contributed by atoms with Crippen LogP contribution < -0.4 is 5.32 Å². The van der Waals surface area contributed by atoms with Crippen molar-refractivity contribution in [3.8, 4) is 17.2 Å². The van der Waals surface area contributed by atoms with Crippen molar-refractivity contribution >= 4 is 38.6 Å². The van der Waals surface area contributed by atoms with Crippen molar-refractivity contribution in [1.82, 2.24) is 4.98 Å². The van der Waals surface area contributed by atoms with Crippen LogP contribution in [0.1, 0.15) is 21.5 Å². The van der Waals surface area contributed by atoms with Gasteiger partial charge in [0.25, 0.3) is 5.91 Å². The summed E-state index contributed by atoms with van der Waals surface area (Å²) < 4.78 is 6.68. The molecule has 0 aliphatic rings. The molecule has 0 unspecified atom stereocenters. The third kappa shape index (κ3) is 3.51. The van der Waals surface area contributed by atoms with Gasteiger partial charge in [-0.15, -0.1) is 0 Å². The summed E-state index contributed by atoms with van der Waals surface area (Å²) in [6.07, 6.45) is 0. The Labute approximate surface area is 170 Å². The maximum absolute atomic E-state index is 12.4. The number of aryl methyl sites for hydroxylation is 2. The van der Waals surface area contributed by atoms with Crippen LogP contribution in [-0.2, 0) is 0 Å². The first-order valence-corrected chi connectivity index (χ1v) is 9.48. The lowest BCUT2D eigenvalue weighted by atomic mass is 10.1. The molecule has 0 atom stereocenters. The Kier molecular flexibility index (Phi) is 4.65. The summed E-state index contributed by atoms with van der Waals surface area (Å²) in [5, 5.41) is 13.2. The van der Waals surface area contributed by atoms with Crippen LogP contribution in [0.5, 0.6) is 5.75 Å². The number of carbonyl (C=O) groups excluding carboxylic acids is 1. The van der Waals surface area contributed by atoms with Gasteiger partial charge in [-0.25, -0.2) is 4.98 Å². The number of amides is 1. The van der Waals surface area contributed by atoms with E-state index in [4.69, 9.17) is 4.42 Å². The van der Waals surface area contributed by atoms with Gasteiger partial charge in [-0.2, -0.15) is 0 Å². The van der Waals surface area contributed by atoms with Crippen LogP contribution in [0.4, 0.5) is 5.69 Å². The van der Waals surface area contributed by atoms with Crippen LogP contribution in [0, 0.1) is 13.8 Å². The van der Waals surface area contributed by atoms with Gasteiger partial charge in [0.05, 0.1) is 5.56 Å². The second-order valence-corrected chi connectivity index (χ2v) is 7.56. The molecule has 1 heterocycles. The van der Waals surface area contributed by atoms with Gasteiger partial charge in [-0.1, -0.05) is 28.1 Å². The zero-order valence-corrected chi connectivity index (χ0v) is 16.9. The third-order valence-corrected chi connectivity index (χ3v) is 4.89. The van der Waals surface area contributed by atoms with Gasteiger partial charge >= 0.3 is 0 Å². The summed E-state index contributed by atoms with van der Waals surface area (Å²) >= 11 is 3.35. The summed E-state index contributed by atoms with van der Waals surface area (Å²) in [4.78, 5) is 16.9. The van der Waals surface area contributed by atoms with Crippen molar-refractivity contribution in [2.24, 2.45) is 0 Å². The van der Waals surface area contributed by atoms with E-state index in [0.29, 0.717) is 28.3 Å². The van der Waals surface area contributed by atoms with E-state index in [-0.39, 0.29) is 11.7 Å². The number of aromatic hydroxyl groups is 1. The number of hydrogen-bond acceptors (Lipinski definition) is 4. The number of carbonyl (C=O) groups is 1. The topological polar surface area (TPSA) is 75.4 Å². The number of aromatic nitrogens is 1. The zero-order chi connectivity index (χ0) is 19.8. The molecule has 3 aromatic carbocycles. The molecule has 0 bridgehead atoms. The van der Waals surface area contributed by atoms with Gasteiger partial charge in [0.1, 0.15) is 11.3 Å². The Balaban J connectivity index is 1.63. The van der Waals surface area contributed by atoms with Crippen LogP contribution in [0.2, 0.25) is 0 Å². The van der Waals surface area contributed by atoms with Gasteiger partial charge < -0.3 is 14.8 Å². The number of nitrogens with one attached hydrogen (secondary N) is 1. The monoisotopic (exact) mass is 436 g/mol. The van der Waals surface area contributed by atoms with E-state index in [1.807, 2.05) is 32.0 Å². The lowest BCUT2D eigenvalue weighted by molar-refractivity contribution is 0.102. The van der Waals surface area contributed by atoms with E-state index in [0.717, 1.165) is 21.1 Å². The minimum Gasteiger partial charge on any atom is -0.507 e. The van der Waals surface area contributed by atoms with Crippen LogP contribution in [0.25, 0.3) is 22.6 Å². The first-order chi connectivity index (χ1) is 13.4. The summed E-state index contributed by atoms with van der Waals surface area (Å²) in [7, 11) is 0. The summed E-state index contributed by atoms with van der Waals surface area (Å²) in [6, 6.07) is 15.9. The van der Waals surface area contributed by atoms with Crippen molar-refractivity contribution in [3.05, 3.63) is 75.8 Å². The fourth-order valence-electron chi connectivity index (χ4n) is 3.12. The summed E-state index contributed by atoms with van der Waals surface area (Å²) in [5.74, 6) is 0.0560. The first-order valence-electron chi connectivity index (χ1n) is 8.69. The van der Waals surface area contributed by atoms with E-state index in [1.165, 1.54) is 6.07 Å². The number of rotatable bonds is 3. The molecule has 0 aliphatic carbocycles. The maximum atomic E-state index is 12.4. The van der Waals surface area contributed by atoms with E-state index in [9.17, 15) is 9.90 Å². The molecule has 0 spiro atoms. The number of anilines is 1.